The van der Waals surface area contributed by atoms with Crippen molar-refractivity contribution in [2.75, 3.05) is 23.8 Å². The Hall–Kier alpha value is -2.00. The molecule has 0 saturated carbocycles. The molecule has 1 fully saturated rings. The molecular weight excluding hydrogens is 447 g/mol. The van der Waals surface area contributed by atoms with Crippen molar-refractivity contribution in [3.63, 3.8) is 0 Å². The number of aryl methyl sites for hydroxylation is 1. The summed E-state index contributed by atoms with van der Waals surface area (Å²) in [5.74, 6) is 0.391. The van der Waals surface area contributed by atoms with Crippen LogP contribution in [0.2, 0.25) is 0 Å². The standard InChI is InChI=1S/C18H22N5O2.In.HN/c1-2-14-17(20-13-8-10-25-11-9-13)23-18(15(22-14)16(19)24)21-12-6-4-3-5-7-12;;/h3-4,6-7,13H,2,8-11H2,1H3,(H2,19,24)(H2,20,21,23);;1H. The maximum absolute atomic E-state index is 11.9. The Bertz CT molecular complexity index is 839. The van der Waals surface area contributed by atoms with E-state index in [0.717, 1.165) is 40.8 Å². The van der Waals surface area contributed by atoms with Crippen molar-refractivity contribution in [3.8, 4) is 0 Å². The molecule has 0 bridgehead atoms. The number of primary amides is 1. The van der Waals surface area contributed by atoms with E-state index >= 15 is 0 Å². The minimum atomic E-state index is -1.46. The van der Waals surface area contributed by atoms with E-state index in [4.69, 9.17) is 13.8 Å². The number of aromatic nitrogens is 2. The first-order chi connectivity index (χ1) is 13.1. The Morgan fingerprint density at radius 1 is 1.33 bits per heavy atom. The summed E-state index contributed by atoms with van der Waals surface area (Å²) in [6.07, 6.45) is 2.45. The number of anilines is 3. The number of nitrogens with two attached hydrogens (primary N) is 1. The van der Waals surface area contributed by atoms with Gasteiger partial charge in [-0.3, -0.25) is 0 Å². The molecule has 1 amide bonds. The third-order valence-electron chi connectivity index (χ3n) is 4.41. The van der Waals surface area contributed by atoms with Gasteiger partial charge in [-0.15, -0.1) is 0 Å². The molecule has 0 spiro atoms. The molecule has 0 unspecified atom stereocenters. The molecule has 9 heteroatoms. The Balaban J connectivity index is 1.95. The van der Waals surface area contributed by atoms with Crippen molar-refractivity contribution < 1.29 is 9.53 Å². The number of hydrogen-bond donors (Lipinski definition) is 4. The van der Waals surface area contributed by atoms with Crippen molar-refractivity contribution in [2.45, 2.75) is 32.2 Å². The van der Waals surface area contributed by atoms with E-state index < -0.39 is 28.6 Å². The van der Waals surface area contributed by atoms with E-state index in [1.54, 1.807) is 0 Å². The molecule has 140 valence electrons. The number of ether oxygens (including phenoxy) is 1. The van der Waals surface area contributed by atoms with E-state index in [-0.39, 0.29) is 11.7 Å². The predicted molar refractivity (Wildman–Crippen MR) is 105 cm³/mol. The zero-order valence-electron chi connectivity index (χ0n) is 15.3. The second kappa shape index (κ2) is 9.27. The second-order valence-electron chi connectivity index (χ2n) is 6.36. The first kappa shape index (κ1) is 19.8. The molecule has 0 atom stereocenters. The average molecular weight is 470 g/mol. The topological polar surface area (TPSA) is 126 Å². The van der Waals surface area contributed by atoms with Gasteiger partial charge in [0, 0.05) is 0 Å². The van der Waals surface area contributed by atoms with Crippen LogP contribution in [0.5, 0.6) is 0 Å². The Morgan fingerprint density at radius 3 is 2.78 bits per heavy atom. The van der Waals surface area contributed by atoms with Crippen LogP contribution >= 0.6 is 0 Å². The average Bonchev–Trinajstić information content (AvgIpc) is 2.69. The number of carbonyl (C=O) groups excluding carboxylic acids is 1. The summed E-state index contributed by atoms with van der Waals surface area (Å²) in [6, 6.07) is 7.94. The van der Waals surface area contributed by atoms with Gasteiger partial charge in [0.05, 0.1) is 0 Å². The van der Waals surface area contributed by atoms with Crippen molar-refractivity contribution in [2.24, 2.45) is 5.73 Å². The summed E-state index contributed by atoms with van der Waals surface area (Å²) >= 11 is -1.46. The first-order valence-corrected chi connectivity index (χ1v) is 12.3. The molecular formula is C18H23InN6O2. The number of nitrogens with one attached hydrogen (secondary N) is 3. The van der Waals surface area contributed by atoms with E-state index in [0.29, 0.717) is 18.1 Å². The van der Waals surface area contributed by atoms with Gasteiger partial charge in [-0.1, -0.05) is 0 Å². The molecule has 0 aliphatic carbocycles. The van der Waals surface area contributed by atoms with Crippen molar-refractivity contribution >= 4 is 49.3 Å². The molecule has 1 aliphatic heterocycles. The normalized spacial score (nSPS) is 14.4. The summed E-state index contributed by atoms with van der Waals surface area (Å²) in [7, 11) is 0. The van der Waals surface area contributed by atoms with E-state index in [9.17, 15) is 4.79 Å². The zero-order valence-corrected chi connectivity index (χ0v) is 18.6. The molecule has 8 nitrogen and oxygen atoms in total. The van der Waals surface area contributed by atoms with Gasteiger partial charge in [0.2, 0.25) is 0 Å². The van der Waals surface area contributed by atoms with Crippen molar-refractivity contribution in [1.29, 1.82) is 3.33 Å². The molecule has 0 radical (unpaired) electrons. The Kier molecular flexibility index (Phi) is 6.78. The van der Waals surface area contributed by atoms with Crippen LogP contribution in [0.15, 0.2) is 24.3 Å². The molecule has 1 saturated heterocycles. The molecule has 2 heterocycles. The van der Waals surface area contributed by atoms with Crippen LogP contribution in [-0.2, 0) is 11.2 Å². The van der Waals surface area contributed by atoms with Crippen LogP contribution in [-0.4, -0.2) is 57.9 Å². The van der Waals surface area contributed by atoms with Crippen molar-refractivity contribution in [1.82, 2.24) is 9.97 Å². The van der Waals surface area contributed by atoms with Gasteiger partial charge in [-0.25, -0.2) is 0 Å². The third kappa shape index (κ3) is 5.04. The van der Waals surface area contributed by atoms with Gasteiger partial charge >= 0.3 is 170 Å². The summed E-state index contributed by atoms with van der Waals surface area (Å²) < 4.78 is 14.2. The number of rotatable bonds is 7. The SMILES string of the molecule is CCc1nc(C(N)=O)c(Nc2ccc[c]([In]=[NH])c2)nc1NC1CCOCC1. The fraction of sp³-hybridized carbons (Fsp3) is 0.389. The van der Waals surface area contributed by atoms with Gasteiger partial charge in [-0.2, -0.15) is 0 Å². The number of carbonyl (C=O) groups is 1. The minimum absolute atomic E-state index is 0.127. The number of hydrogen-bond acceptors (Lipinski definition) is 7. The maximum atomic E-state index is 11.9. The van der Waals surface area contributed by atoms with Crippen LogP contribution in [0.25, 0.3) is 0 Å². The third-order valence-corrected chi connectivity index (χ3v) is 6.39. The van der Waals surface area contributed by atoms with Crippen LogP contribution in [0.1, 0.15) is 35.9 Å². The second-order valence-corrected chi connectivity index (χ2v) is 9.09. The van der Waals surface area contributed by atoms with Gasteiger partial charge < -0.3 is 0 Å². The number of amides is 1. The summed E-state index contributed by atoms with van der Waals surface area (Å²) in [5, 5.41) is 6.61. The fourth-order valence-corrected chi connectivity index (χ4v) is 4.31. The summed E-state index contributed by atoms with van der Waals surface area (Å²) in [6.45, 7) is 3.42. The van der Waals surface area contributed by atoms with Gasteiger partial charge in [-0.05, 0) is 0 Å². The monoisotopic (exact) mass is 470 g/mol. The quantitative estimate of drug-likeness (QED) is 0.487. The van der Waals surface area contributed by atoms with Crippen LogP contribution in [0.3, 0.4) is 0 Å². The molecule has 3 rings (SSSR count). The van der Waals surface area contributed by atoms with Gasteiger partial charge in [0.15, 0.2) is 0 Å². The number of benzene rings is 1. The molecule has 1 aromatic carbocycles. The van der Waals surface area contributed by atoms with Gasteiger partial charge in [0.25, 0.3) is 0 Å². The predicted octanol–water partition coefficient (Wildman–Crippen LogP) is 1.56. The van der Waals surface area contributed by atoms with Crippen LogP contribution in [0.4, 0.5) is 17.3 Å². The van der Waals surface area contributed by atoms with E-state index in [1.165, 1.54) is 0 Å². The molecule has 2 aromatic rings. The Morgan fingerprint density at radius 2 is 2.11 bits per heavy atom. The Labute approximate surface area is 169 Å². The number of nitrogens with zero attached hydrogens (tertiary/aromatic N) is 2. The summed E-state index contributed by atoms with van der Waals surface area (Å²) in [4.78, 5) is 21.1. The van der Waals surface area contributed by atoms with E-state index in [2.05, 4.69) is 20.6 Å². The fourth-order valence-electron chi connectivity index (χ4n) is 2.97. The van der Waals surface area contributed by atoms with Crippen LogP contribution in [0, 0.1) is 3.33 Å². The molecule has 5 N–H and O–H groups in total. The summed E-state index contributed by atoms with van der Waals surface area (Å²) in [5.41, 5.74) is 7.17. The van der Waals surface area contributed by atoms with Crippen molar-refractivity contribution in [3.05, 3.63) is 35.7 Å². The molecule has 1 aliphatic rings. The zero-order chi connectivity index (χ0) is 19.2. The molecule has 1 aromatic heterocycles. The van der Waals surface area contributed by atoms with E-state index in [1.807, 2.05) is 31.2 Å². The first-order valence-electron chi connectivity index (χ1n) is 9.03. The van der Waals surface area contributed by atoms with Crippen LogP contribution < -0.4 is 19.7 Å². The van der Waals surface area contributed by atoms with Gasteiger partial charge in [0.1, 0.15) is 0 Å². The molecule has 27 heavy (non-hydrogen) atoms.